The molecule has 0 aromatic carbocycles. The van der Waals surface area contributed by atoms with Crippen molar-refractivity contribution in [2.75, 3.05) is 5.32 Å². The summed E-state index contributed by atoms with van der Waals surface area (Å²) in [7, 11) is 0. The van der Waals surface area contributed by atoms with Crippen molar-refractivity contribution in [1.29, 1.82) is 0 Å². The molecule has 1 aromatic rings. The van der Waals surface area contributed by atoms with Gasteiger partial charge in [0, 0.05) is 24.4 Å². The fraction of sp³-hybridized carbons (Fsp3) is 0.250. The quantitative estimate of drug-likeness (QED) is 0.716. The maximum absolute atomic E-state index is 11.0. The van der Waals surface area contributed by atoms with E-state index in [1.165, 1.54) is 11.3 Å². The van der Waals surface area contributed by atoms with Crippen LogP contribution in [0.15, 0.2) is 11.6 Å². The number of hydrogen-bond acceptors (Lipinski definition) is 3. The molecule has 0 aliphatic heterocycles. The van der Waals surface area contributed by atoms with Gasteiger partial charge in [-0.15, -0.1) is 23.7 Å². The third-order valence-electron chi connectivity index (χ3n) is 1.18. The summed E-state index contributed by atoms with van der Waals surface area (Å²) in [5.41, 5.74) is 0. The Bertz CT molecular complexity index is 287. The number of hydrogen-bond donors (Lipinski definition) is 1. The fourth-order valence-corrected chi connectivity index (χ4v) is 1.20. The van der Waals surface area contributed by atoms with Crippen LogP contribution in [-0.2, 0) is 4.79 Å². The molecule has 0 aliphatic rings. The maximum atomic E-state index is 11.0. The van der Waals surface area contributed by atoms with Crippen molar-refractivity contribution >= 4 is 22.4 Å². The van der Waals surface area contributed by atoms with Crippen molar-refractivity contribution in [2.45, 2.75) is 12.8 Å². The van der Waals surface area contributed by atoms with Crippen molar-refractivity contribution in [2.24, 2.45) is 0 Å². The van der Waals surface area contributed by atoms with E-state index in [2.05, 4.69) is 16.2 Å². The minimum absolute atomic E-state index is 0.0806. The molecule has 0 saturated heterocycles. The summed E-state index contributed by atoms with van der Waals surface area (Å²) in [6, 6.07) is 0. The first kappa shape index (κ1) is 8.75. The fourth-order valence-electron chi connectivity index (χ4n) is 0.653. The lowest BCUT2D eigenvalue weighted by Crippen LogP contribution is -2.10. The highest BCUT2D eigenvalue weighted by Crippen LogP contribution is 2.10. The number of terminal acetylenes is 1. The van der Waals surface area contributed by atoms with Crippen LogP contribution >= 0.6 is 11.3 Å². The Kier molecular flexibility index (Phi) is 3.30. The smallest absolute Gasteiger partial charge is 0.227 e. The van der Waals surface area contributed by atoms with E-state index in [-0.39, 0.29) is 5.91 Å². The molecule has 0 fully saturated rings. The number of thiazole rings is 1. The van der Waals surface area contributed by atoms with Crippen LogP contribution in [0.3, 0.4) is 0 Å². The van der Waals surface area contributed by atoms with Crippen molar-refractivity contribution in [1.82, 2.24) is 4.98 Å². The summed E-state index contributed by atoms with van der Waals surface area (Å²) in [5.74, 6) is 2.32. The lowest BCUT2D eigenvalue weighted by atomic mass is 10.3. The molecule has 1 N–H and O–H groups in total. The van der Waals surface area contributed by atoms with E-state index in [0.717, 1.165) is 0 Å². The summed E-state index contributed by atoms with van der Waals surface area (Å²) >= 11 is 1.39. The Morgan fingerprint density at radius 2 is 2.67 bits per heavy atom. The zero-order valence-electron chi connectivity index (χ0n) is 6.41. The molecule has 0 saturated carbocycles. The molecule has 1 amide bonds. The number of anilines is 1. The number of carbonyl (C=O) groups excluding carboxylic acids is 1. The van der Waals surface area contributed by atoms with Gasteiger partial charge in [-0.1, -0.05) is 0 Å². The predicted octanol–water partition coefficient (Wildman–Crippen LogP) is 1.49. The maximum Gasteiger partial charge on any atom is 0.227 e. The van der Waals surface area contributed by atoms with Gasteiger partial charge in [-0.25, -0.2) is 4.98 Å². The molecule has 0 atom stereocenters. The third kappa shape index (κ3) is 2.72. The number of nitrogens with one attached hydrogen (secondary N) is 1. The minimum Gasteiger partial charge on any atom is -0.302 e. The molecule has 62 valence electrons. The highest BCUT2D eigenvalue weighted by atomic mass is 32.1. The van der Waals surface area contributed by atoms with Gasteiger partial charge in [0.15, 0.2) is 5.13 Å². The Labute approximate surface area is 74.8 Å². The van der Waals surface area contributed by atoms with Crippen LogP contribution < -0.4 is 5.32 Å². The average Bonchev–Trinajstić information content (AvgIpc) is 2.53. The van der Waals surface area contributed by atoms with Gasteiger partial charge in [0.05, 0.1) is 0 Å². The number of carbonyl (C=O) groups is 1. The molecule has 4 heteroatoms. The van der Waals surface area contributed by atoms with E-state index in [1.807, 2.05) is 0 Å². The summed E-state index contributed by atoms with van der Waals surface area (Å²) in [4.78, 5) is 14.9. The van der Waals surface area contributed by atoms with Crippen molar-refractivity contribution in [3.05, 3.63) is 11.6 Å². The van der Waals surface area contributed by atoms with Gasteiger partial charge in [0.2, 0.25) is 5.91 Å². The molecule has 1 rings (SSSR count). The second-order valence-corrected chi connectivity index (χ2v) is 2.98. The van der Waals surface area contributed by atoms with Crippen molar-refractivity contribution < 1.29 is 4.79 Å². The van der Waals surface area contributed by atoms with Gasteiger partial charge >= 0.3 is 0 Å². The summed E-state index contributed by atoms with van der Waals surface area (Å²) in [6.45, 7) is 0. The van der Waals surface area contributed by atoms with Crippen LogP contribution in [-0.4, -0.2) is 10.9 Å². The van der Waals surface area contributed by atoms with Crippen LogP contribution in [0.25, 0.3) is 0 Å². The van der Waals surface area contributed by atoms with E-state index in [9.17, 15) is 4.79 Å². The molecule has 0 bridgehead atoms. The molecular formula is C8H8N2OS. The topological polar surface area (TPSA) is 42.0 Å². The van der Waals surface area contributed by atoms with E-state index in [1.54, 1.807) is 11.6 Å². The highest BCUT2D eigenvalue weighted by molar-refractivity contribution is 7.13. The van der Waals surface area contributed by atoms with Crippen molar-refractivity contribution in [3.63, 3.8) is 0 Å². The largest absolute Gasteiger partial charge is 0.302 e. The second-order valence-electron chi connectivity index (χ2n) is 2.09. The van der Waals surface area contributed by atoms with Crippen LogP contribution in [0.4, 0.5) is 5.13 Å². The Balaban J connectivity index is 2.33. The van der Waals surface area contributed by atoms with Crippen LogP contribution in [0.2, 0.25) is 0 Å². The Morgan fingerprint density at radius 1 is 1.83 bits per heavy atom. The molecule has 12 heavy (non-hydrogen) atoms. The Hall–Kier alpha value is -1.34. The zero-order valence-corrected chi connectivity index (χ0v) is 7.23. The van der Waals surface area contributed by atoms with Gasteiger partial charge in [-0.05, 0) is 0 Å². The molecule has 1 aromatic heterocycles. The average molecular weight is 180 g/mol. The summed E-state index contributed by atoms with van der Waals surface area (Å²) < 4.78 is 0. The standard InChI is InChI=1S/C8H8N2OS/c1-2-3-4-7(11)10-8-9-5-6-12-8/h1,5-6H,3-4H2,(H,9,10,11). The number of aromatic nitrogens is 1. The monoisotopic (exact) mass is 180 g/mol. The van der Waals surface area contributed by atoms with Gasteiger partial charge in [-0.3, -0.25) is 4.79 Å². The van der Waals surface area contributed by atoms with Gasteiger partial charge < -0.3 is 5.32 Å². The first-order valence-corrected chi connectivity index (χ1v) is 4.33. The lowest BCUT2D eigenvalue weighted by Gasteiger charge is -1.96. The summed E-state index contributed by atoms with van der Waals surface area (Å²) in [5, 5.41) is 5.05. The molecule has 0 radical (unpaired) electrons. The molecule has 0 spiro atoms. The first-order valence-electron chi connectivity index (χ1n) is 3.45. The normalized spacial score (nSPS) is 8.92. The number of amides is 1. The van der Waals surface area contributed by atoms with Gasteiger partial charge in [-0.2, -0.15) is 0 Å². The number of nitrogens with zero attached hydrogens (tertiary/aromatic N) is 1. The van der Waals surface area contributed by atoms with E-state index in [4.69, 9.17) is 6.42 Å². The highest BCUT2D eigenvalue weighted by Gasteiger charge is 2.01. The summed E-state index contributed by atoms with van der Waals surface area (Å²) in [6.07, 6.45) is 7.47. The minimum atomic E-state index is -0.0806. The van der Waals surface area contributed by atoms with Gasteiger partial charge in [0.25, 0.3) is 0 Å². The molecular weight excluding hydrogens is 172 g/mol. The van der Waals surface area contributed by atoms with Crippen LogP contribution in [0.1, 0.15) is 12.8 Å². The third-order valence-corrected chi connectivity index (χ3v) is 1.86. The van der Waals surface area contributed by atoms with Crippen LogP contribution in [0.5, 0.6) is 0 Å². The first-order chi connectivity index (χ1) is 5.83. The van der Waals surface area contributed by atoms with E-state index < -0.39 is 0 Å². The van der Waals surface area contributed by atoms with Crippen molar-refractivity contribution in [3.8, 4) is 12.3 Å². The zero-order chi connectivity index (χ0) is 8.81. The Morgan fingerprint density at radius 3 is 3.25 bits per heavy atom. The lowest BCUT2D eigenvalue weighted by molar-refractivity contribution is -0.116. The molecule has 1 heterocycles. The van der Waals surface area contributed by atoms with E-state index in [0.29, 0.717) is 18.0 Å². The number of rotatable bonds is 3. The molecule has 0 unspecified atom stereocenters. The SMILES string of the molecule is C#CCCC(=O)Nc1nccs1. The molecule has 3 nitrogen and oxygen atoms in total. The predicted molar refractivity (Wildman–Crippen MR) is 48.8 cm³/mol. The van der Waals surface area contributed by atoms with E-state index >= 15 is 0 Å². The van der Waals surface area contributed by atoms with Gasteiger partial charge in [0.1, 0.15) is 0 Å². The second kappa shape index (κ2) is 4.52. The van der Waals surface area contributed by atoms with Crippen LogP contribution in [0, 0.1) is 12.3 Å². The molecule has 0 aliphatic carbocycles.